The van der Waals surface area contributed by atoms with Gasteiger partial charge in [0.1, 0.15) is 11.8 Å². The summed E-state index contributed by atoms with van der Waals surface area (Å²) in [5.41, 5.74) is 9.27. The molecule has 2 aromatic carbocycles. The van der Waals surface area contributed by atoms with Gasteiger partial charge < -0.3 is 20.9 Å². The SMILES string of the molecule is COc1ccc(-c2ccc(NC(C)C(=O)O)cc2)c(N)c1. The molecule has 2 rings (SSSR count). The van der Waals surface area contributed by atoms with Crippen LogP contribution in [-0.2, 0) is 4.79 Å². The lowest BCUT2D eigenvalue weighted by Crippen LogP contribution is -2.25. The molecule has 2 aromatic rings. The molecule has 5 nitrogen and oxygen atoms in total. The van der Waals surface area contributed by atoms with Crippen LogP contribution in [0.2, 0.25) is 0 Å². The smallest absolute Gasteiger partial charge is 0.325 e. The molecule has 1 unspecified atom stereocenters. The van der Waals surface area contributed by atoms with E-state index in [-0.39, 0.29) is 0 Å². The maximum Gasteiger partial charge on any atom is 0.325 e. The molecule has 0 aliphatic carbocycles. The minimum absolute atomic E-state index is 0.633. The molecule has 5 heteroatoms. The number of nitrogens with two attached hydrogens (primary N) is 1. The number of carbonyl (C=O) groups is 1. The number of ether oxygens (including phenoxy) is 1. The van der Waals surface area contributed by atoms with Crippen LogP contribution < -0.4 is 15.8 Å². The van der Waals surface area contributed by atoms with Crippen molar-refractivity contribution in [2.75, 3.05) is 18.2 Å². The van der Waals surface area contributed by atoms with Crippen molar-refractivity contribution in [2.24, 2.45) is 0 Å². The van der Waals surface area contributed by atoms with Gasteiger partial charge in [-0.05, 0) is 36.8 Å². The van der Waals surface area contributed by atoms with Crippen molar-refractivity contribution in [3.63, 3.8) is 0 Å². The third kappa shape index (κ3) is 3.45. The van der Waals surface area contributed by atoms with Crippen molar-refractivity contribution in [2.45, 2.75) is 13.0 Å². The number of benzene rings is 2. The zero-order valence-electron chi connectivity index (χ0n) is 12.0. The number of anilines is 2. The summed E-state index contributed by atoms with van der Waals surface area (Å²) in [6, 6.07) is 12.3. The summed E-state index contributed by atoms with van der Waals surface area (Å²) in [4.78, 5) is 10.8. The number of rotatable bonds is 5. The summed E-state index contributed by atoms with van der Waals surface area (Å²) in [6.45, 7) is 1.59. The van der Waals surface area contributed by atoms with Gasteiger partial charge in [-0.25, -0.2) is 0 Å². The molecule has 4 N–H and O–H groups in total. The first kappa shape index (κ1) is 14.7. The zero-order valence-corrected chi connectivity index (χ0v) is 12.0. The van der Waals surface area contributed by atoms with Crippen LogP contribution in [0, 0.1) is 0 Å². The highest BCUT2D eigenvalue weighted by Crippen LogP contribution is 2.30. The summed E-state index contributed by atoms with van der Waals surface area (Å²) in [5.74, 6) is -0.178. The second-order valence-electron chi connectivity index (χ2n) is 4.73. The first-order valence-electron chi connectivity index (χ1n) is 6.54. The van der Waals surface area contributed by atoms with Crippen molar-refractivity contribution < 1.29 is 14.6 Å². The summed E-state index contributed by atoms with van der Waals surface area (Å²) >= 11 is 0. The summed E-state index contributed by atoms with van der Waals surface area (Å²) < 4.78 is 5.13. The van der Waals surface area contributed by atoms with Gasteiger partial charge in [-0.1, -0.05) is 12.1 Å². The van der Waals surface area contributed by atoms with Crippen LogP contribution in [0.1, 0.15) is 6.92 Å². The van der Waals surface area contributed by atoms with Crippen molar-refractivity contribution in [3.05, 3.63) is 42.5 Å². The van der Waals surface area contributed by atoms with Crippen LogP contribution in [0.15, 0.2) is 42.5 Å². The number of aliphatic carboxylic acids is 1. The average molecular weight is 286 g/mol. The third-order valence-corrected chi connectivity index (χ3v) is 3.21. The fraction of sp³-hybridized carbons (Fsp3) is 0.188. The van der Waals surface area contributed by atoms with Gasteiger partial charge in [-0.15, -0.1) is 0 Å². The van der Waals surface area contributed by atoms with E-state index >= 15 is 0 Å². The Bertz CT molecular complexity index is 638. The Labute approximate surface area is 123 Å². The molecule has 21 heavy (non-hydrogen) atoms. The molecule has 0 radical (unpaired) electrons. The fourth-order valence-corrected chi connectivity index (χ4v) is 1.99. The standard InChI is InChI=1S/C16H18N2O3/c1-10(16(19)20)18-12-5-3-11(4-6-12)14-8-7-13(21-2)9-15(14)17/h3-10,18H,17H2,1-2H3,(H,19,20). The van der Waals surface area contributed by atoms with E-state index in [0.717, 1.165) is 16.8 Å². The number of hydrogen-bond acceptors (Lipinski definition) is 4. The summed E-state index contributed by atoms with van der Waals surface area (Å²) in [6.07, 6.45) is 0. The highest BCUT2D eigenvalue weighted by molar-refractivity contribution is 5.79. The highest BCUT2D eigenvalue weighted by atomic mass is 16.5. The first-order valence-corrected chi connectivity index (χ1v) is 6.54. The maximum absolute atomic E-state index is 10.8. The van der Waals surface area contributed by atoms with E-state index in [1.807, 2.05) is 36.4 Å². The number of nitrogen functional groups attached to an aromatic ring is 1. The quantitative estimate of drug-likeness (QED) is 0.736. The number of carboxylic acids is 1. The van der Waals surface area contributed by atoms with Crippen LogP contribution in [0.4, 0.5) is 11.4 Å². The minimum Gasteiger partial charge on any atom is -0.497 e. The van der Waals surface area contributed by atoms with Crippen molar-refractivity contribution in [1.82, 2.24) is 0 Å². The van der Waals surface area contributed by atoms with Crippen molar-refractivity contribution >= 4 is 17.3 Å². The molecule has 0 aliphatic rings. The van der Waals surface area contributed by atoms with Gasteiger partial charge in [0.2, 0.25) is 0 Å². The molecule has 0 amide bonds. The van der Waals surface area contributed by atoms with Crippen molar-refractivity contribution in [3.8, 4) is 16.9 Å². The molecule has 0 spiro atoms. The van der Waals surface area contributed by atoms with Gasteiger partial charge in [0.05, 0.1) is 7.11 Å². The normalized spacial score (nSPS) is 11.7. The minimum atomic E-state index is -0.890. The molecule has 1 atom stereocenters. The second kappa shape index (κ2) is 6.17. The number of carboxylic acid groups (broad SMARTS) is 1. The number of nitrogens with one attached hydrogen (secondary N) is 1. The Morgan fingerprint density at radius 3 is 2.43 bits per heavy atom. The average Bonchev–Trinajstić information content (AvgIpc) is 2.48. The topological polar surface area (TPSA) is 84.6 Å². The predicted molar refractivity (Wildman–Crippen MR) is 83.6 cm³/mol. The molecule has 0 aromatic heterocycles. The Kier molecular flexibility index (Phi) is 4.33. The predicted octanol–water partition coefficient (Wildman–Crippen LogP) is 2.83. The monoisotopic (exact) mass is 286 g/mol. The lowest BCUT2D eigenvalue weighted by Gasteiger charge is -2.12. The fourth-order valence-electron chi connectivity index (χ4n) is 1.99. The van der Waals surface area contributed by atoms with Crippen LogP contribution in [0.3, 0.4) is 0 Å². The van der Waals surface area contributed by atoms with E-state index in [2.05, 4.69) is 5.32 Å². The van der Waals surface area contributed by atoms with E-state index < -0.39 is 12.0 Å². The third-order valence-electron chi connectivity index (χ3n) is 3.21. The van der Waals surface area contributed by atoms with E-state index in [4.69, 9.17) is 15.6 Å². The van der Waals surface area contributed by atoms with Gasteiger partial charge in [-0.2, -0.15) is 0 Å². The Morgan fingerprint density at radius 1 is 1.24 bits per heavy atom. The van der Waals surface area contributed by atoms with Gasteiger partial charge in [0, 0.05) is 23.0 Å². The summed E-state index contributed by atoms with van der Waals surface area (Å²) in [7, 11) is 1.60. The van der Waals surface area contributed by atoms with Crippen molar-refractivity contribution in [1.29, 1.82) is 0 Å². The van der Waals surface area contributed by atoms with E-state index in [9.17, 15) is 4.79 Å². The Hall–Kier alpha value is -2.69. The molecule has 0 saturated heterocycles. The molecular weight excluding hydrogens is 268 g/mol. The summed E-state index contributed by atoms with van der Waals surface area (Å²) in [5, 5.41) is 11.8. The Balaban J connectivity index is 2.21. The van der Waals surface area contributed by atoms with Crippen LogP contribution >= 0.6 is 0 Å². The number of hydrogen-bond donors (Lipinski definition) is 3. The van der Waals surface area contributed by atoms with Crippen LogP contribution in [-0.4, -0.2) is 24.2 Å². The number of methoxy groups -OCH3 is 1. The molecule has 0 fully saturated rings. The lowest BCUT2D eigenvalue weighted by atomic mass is 10.0. The lowest BCUT2D eigenvalue weighted by molar-refractivity contribution is -0.137. The first-order chi connectivity index (χ1) is 10.0. The van der Waals surface area contributed by atoms with E-state index in [0.29, 0.717) is 11.4 Å². The molecule has 0 bridgehead atoms. The second-order valence-corrected chi connectivity index (χ2v) is 4.73. The van der Waals surface area contributed by atoms with E-state index in [1.54, 1.807) is 20.1 Å². The van der Waals surface area contributed by atoms with Crippen LogP contribution in [0.25, 0.3) is 11.1 Å². The molecule has 0 aliphatic heterocycles. The largest absolute Gasteiger partial charge is 0.497 e. The molecule has 0 heterocycles. The molecule has 0 saturated carbocycles. The van der Waals surface area contributed by atoms with E-state index in [1.165, 1.54) is 0 Å². The molecule has 110 valence electrons. The van der Waals surface area contributed by atoms with Gasteiger partial charge in [-0.3, -0.25) is 4.79 Å². The molecular formula is C16H18N2O3. The maximum atomic E-state index is 10.8. The Morgan fingerprint density at radius 2 is 1.90 bits per heavy atom. The zero-order chi connectivity index (χ0) is 15.4. The van der Waals surface area contributed by atoms with Gasteiger partial charge in [0.25, 0.3) is 0 Å². The van der Waals surface area contributed by atoms with Gasteiger partial charge in [0.15, 0.2) is 0 Å². The van der Waals surface area contributed by atoms with Crippen LogP contribution in [0.5, 0.6) is 5.75 Å². The highest BCUT2D eigenvalue weighted by Gasteiger charge is 2.10. The van der Waals surface area contributed by atoms with Gasteiger partial charge >= 0.3 is 5.97 Å².